The molecule has 0 radical (unpaired) electrons. The second kappa shape index (κ2) is 10.3. The van der Waals surface area contributed by atoms with E-state index in [-0.39, 0.29) is 21.1 Å². The zero-order valence-corrected chi connectivity index (χ0v) is 23.5. The number of pyridine rings is 2. The Labute approximate surface area is 242 Å². The largest absolute Gasteiger partial charge is 2.00 e. The van der Waals surface area contributed by atoms with E-state index in [0.717, 1.165) is 17.1 Å². The van der Waals surface area contributed by atoms with Gasteiger partial charge in [0, 0.05) is 52.1 Å². The number of aromatic nitrogens is 10. The van der Waals surface area contributed by atoms with Gasteiger partial charge in [-0.25, -0.2) is 0 Å². The summed E-state index contributed by atoms with van der Waals surface area (Å²) in [6.07, 6.45) is 9.05. The number of para-hydroxylation sites is 1. The minimum atomic E-state index is 0. The van der Waals surface area contributed by atoms with Crippen LogP contribution in [0.15, 0.2) is 79.4 Å². The Morgan fingerprint density at radius 3 is 1.60 bits per heavy atom. The van der Waals surface area contributed by atoms with Crippen LogP contribution in [0.3, 0.4) is 0 Å². The molecule has 6 aromatic heterocycles. The van der Waals surface area contributed by atoms with E-state index in [1.165, 1.54) is 12.7 Å². The topological polar surface area (TPSA) is 116 Å². The van der Waals surface area contributed by atoms with Crippen LogP contribution in [-0.2, 0) is 21.1 Å². The quantitative estimate of drug-likeness (QED) is 0.240. The fourth-order valence-electron chi connectivity index (χ4n) is 4.39. The van der Waals surface area contributed by atoms with Crippen molar-refractivity contribution in [2.24, 2.45) is 0 Å². The molecule has 40 heavy (non-hydrogen) atoms. The van der Waals surface area contributed by atoms with Crippen LogP contribution in [0, 0.1) is 26.5 Å². The summed E-state index contributed by atoms with van der Waals surface area (Å²) in [4.78, 5) is 38.0. The summed E-state index contributed by atoms with van der Waals surface area (Å²) in [5.74, 6) is 2.54. The summed E-state index contributed by atoms with van der Waals surface area (Å²) in [7, 11) is 0. The van der Waals surface area contributed by atoms with E-state index in [1.54, 1.807) is 9.13 Å². The number of imidazole rings is 2. The van der Waals surface area contributed by atoms with Crippen LogP contribution in [0.5, 0.6) is 0 Å². The Balaban J connectivity index is 0.00000289. The van der Waals surface area contributed by atoms with E-state index in [0.29, 0.717) is 45.6 Å². The van der Waals surface area contributed by atoms with Gasteiger partial charge in [-0.2, -0.15) is 0 Å². The van der Waals surface area contributed by atoms with Crippen molar-refractivity contribution in [1.29, 1.82) is 0 Å². The molecule has 0 amide bonds. The summed E-state index contributed by atoms with van der Waals surface area (Å²) < 4.78 is 3.46. The summed E-state index contributed by atoms with van der Waals surface area (Å²) in [6.45, 7) is 3.78. The molecule has 0 aliphatic rings. The van der Waals surface area contributed by atoms with Crippen LogP contribution in [0.1, 0.15) is 11.4 Å². The second-order valence-electron chi connectivity index (χ2n) is 8.74. The molecule has 6 heterocycles. The number of rotatable bonds is 5. The molecule has 0 saturated heterocycles. The molecule has 0 spiro atoms. The molecule has 1 aromatic carbocycles. The fourth-order valence-corrected chi connectivity index (χ4v) is 4.39. The van der Waals surface area contributed by atoms with E-state index in [2.05, 4.69) is 42.6 Å². The van der Waals surface area contributed by atoms with Crippen molar-refractivity contribution < 1.29 is 21.1 Å². The summed E-state index contributed by atoms with van der Waals surface area (Å²) in [5, 5.41) is 0. The monoisotopic (exact) mass is 704 g/mol. The molecular weight excluding hydrogens is 685 g/mol. The maximum absolute atomic E-state index is 4.97. The number of benzene rings is 1. The molecule has 11 nitrogen and oxygen atoms in total. The van der Waals surface area contributed by atoms with Crippen molar-refractivity contribution in [2.45, 2.75) is 13.8 Å². The van der Waals surface area contributed by atoms with Gasteiger partial charge in [0.15, 0.2) is 0 Å². The molecular formula is C28H19N11Pt. The first-order chi connectivity index (χ1) is 19.2. The number of aryl methyl sites for hydroxylation is 2. The third-order valence-electron chi connectivity index (χ3n) is 6.29. The summed E-state index contributed by atoms with van der Waals surface area (Å²) in [6, 6.07) is 21.4. The maximum Gasteiger partial charge on any atom is 2.00 e. The van der Waals surface area contributed by atoms with E-state index < -0.39 is 0 Å². The zero-order chi connectivity index (χ0) is 26.3. The van der Waals surface area contributed by atoms with E-state index >= 15 is 0 Å². The molecule has 0 aliphatic heterocycles. The third-order valence-corrected chi connectivity index (χ3v) is 6.29. The van der Waals surface area contributed by atoms with Crippen molar-refractivity contribution in [3.8, 4) is 11.6 Å². The third kappa shape index (κ3) is 4.30. The van der Waals surface area contributed by atoms with Crippen LogP contribution >= 0.6 is 0 Å². The normalized spacial score (nSPS) is 11.1. The first-order valence-electron chi connectivity index (χ1n) is 12.1. The number of anilines is 3. The predicted molar refractivity (Wildman–Crippen MR) is 144 cm³/mol. The van der Waals surface area contributed by atoms with Gasteiger partial charge in [0.05, 0.1) is 11.6 Å². The van der Waals surface area contributed by atoms with Crippen LogP contribution in [0.25, 0.3) is 34.0 Å². The zero-order valence-electron chi connectivity index (χ0n) is 21.2. The minimum absolute atomic E-state index is 0. The van der Waals surface area contributed by atoms with Gasteiger partial charge in [-0.3, -0.25) is 34.8 Å². The van der Waals surface area contributed by atoms with Crippen molar-refractivity contribution >= 4 is 39.7 Å². The van der Waals surface area contributed by atoms with Gasteiger partial charge in [0.2, 0.25) is 0 Å². The Hall–Kier alpha value is -4.89. The Kier molecular flexibility index (Phi) is 6.57. The van der Waals surface area contributed by atoms with Crippen molar-refractivity contribution in [3.63, 3.8) is 0 Å². The minimum Gasteiger partial charge on any atom is -0.396 e. The van der Waals surface area contributed by atoms with Gasteiger partial charge < -0.3 is 19.1 Å². The van der Waals surface area contributed by atoms with Crippen LogP contribution < -0.4 is 4.90 Å². The van der Waals surface area contributed by atoms with Gasteiger partial charge in [0.1, 0.15) is 24.3 Å². The molecule has 0 aliphatic carbocycles. The van der Waals surface area contributed by atoms with Crippen LogP contribution in [0.2, 0.25) is 0 Å². The van der Waals surface area contributed by atoms with Gasteiger partial charge in [-0.05, 0) is 38.1 Å². The molecule has 7 aromatic rings. The number of hydrogen-bond donors (Lipinski definition) is 0. The number of fused-ring (bicyclic) bond motifs is 2. The molecule has 0 fully saturated rings. The van der Waals surface area contributed by atoms with Gasteiger partial charge in [-0.1, -0.05) is 42.5 Å². The molecule has 12 heteroatoms. The Bertz CT molecular complexity index is 1840. The molecule has 7 rings (SSSR count). The molecule has 0 N–H and O–H groups in total. The van der Waals surface area contributed by atoms with Gasteiger partial charge >= 0.3 is 21.1 Å². The standard InChI is InChI=1S/C28H19N11.Pt/c1-18-25-27(31-14-29-18)37(16-33-25)21-10-6-12-23(35-21)39(20-8-4-3-5-9-20)24-13-7-11-22(36-24)38-17-34-26-19(2)30-15-32-28(26)38;/h3-15H,1-2H3;/q-2;+2. The molecule has 0 bridgehead atoms. The fraction of sp³-hybridized carbons (Fsp3) is 0.0714. The molecule has 0 saturated carbocycles. The Morgan fingerprint density at radius 2 is 1.10 bits per heavy atom. The van der Waals surface area contributed by atoms with E-state index in [9.17, 15) is 0 Å². The van der Waals surface area contributed by atoms with Gasteiger partial charge in [0.25, 0.3) is 0 Å². The molecule has 0 unspecified atom stereocenters. The van der Waals surface area contributed by atoms with Crippen molar-refractivity contribution in [2.75, 3.05) is 4.90 Å². The maximum atomic E-state index is 4.97. The number of nitrogens with zero attached hydrogens (tertiary/aromatic N) is 11. The first-order valence-corrected chi connectivity index (χ1v) is 12.1. The van der Waals surface area contributed by atoms with Crippen molar-refractivity contribution in [3.05, 3.63) is 103 Å². The average Bonchev–Trinajstić information content (AvgIpc) is 3.61. The first kappa shape index (κ1) is 25.4. The van der Waals surface area contributed by atoms with Crippen LogP contribution in [0.4, 0.5) is 17.3 Å². The van der Waals surface area contributed by atoms with Crippen LogP contribution in [-0.4, -0.2) is 49.0 Å². The smallest absolute Gasteiger partial charge is 0.396 e. The molecule has 196 valence electrons. The predicted octanol–water partition coefficient (Wildman–Crippen LogP) is 4.42. The molecule has 0 atom stereocenters. The summed E-state index contributed by atoms with van der Waals surface area (Å²) in [5.41, 5.74) is 5.09. The number of hydrogen-bond acceptors (Lipinski definition) is 9. The Morgan fingerprint density at radius 1 is 0.600 bits per heavy atom. The summed E-state index contributed by atoms with van der Waals surface area (Å²) >= 11 is 0. The van der Waals surface area contributed by atoms with E-state index in [1.807, 2.05) is 85.5 Å². The van der Waals surface area contributed by atoms with Crippen molar-refractivity contribution in [1.82, 2.24) is 49.0 Å². The average molecular weight is 705 g/mol. The van der Waals surface area contributed by atoms with Gasteiger partial charge in [-0.15, -0.1) is 0 Å². The van der Waals surface area contributed by atoms with E-state index in [4.69, 9.17) is 9.97 Å². The SMILES string of the molecule is Cc1ncnc2c1n[c-]n2-c1cccc(N(c2ccccc2)c2cccc(-n3[c-]nc4c(C)ncnc43)n2)n1.[Pt+2]. The second-order valence-corrected chi connectivity index (χ2v) is 8.74.